The highest BCUT2D eigenvalue weighted by Crippen LogP contribution is 2.27. The van der Waals surface area contributed by atoms with E-state index in [1.54, 1.807) is 6.20 Å². The summed E-state index contributed by atoms with van der Waals surface area (Å²) in [6.45, 7) is 4.22. The number of pyridine rings is 1. The maximum atomic E-state index is 4.77. The van der Waals surface area contributed by atoms with Crippen LogP contribution in [0.15, 0.2) is 48.7 Å². The Kier molecular flexibility index (Phi) is 5.51. The van der Waals surface area contributed by atoms with Gasteiger partial charge in [-0.05, 0) is 49.9 Å². The van der Waals surface area contributed by atoms with Crippen LogP contribution in [0, 0.1) is 13.8 Å². The fraction of sp³-hybridized carbons (Fsp3) is 0.348. The minimum atomic E-state index is 0.445. The Balaban J connectivity index is 1.69. The summed E-state index contributed by atoms with van der Waals surface area (Å²) in [7, 11) is 0. The number of rotatable bonds is 5. The zero-order valence-electron chi connectivity index (χ0n) is 16.6. The molecule has 0 spiro atoms. The Bertz CT molecular complexity index is 913. The van der Waals surface area contributed by atoms with Gasteiger partial charge in [0.05, 0.1) is 11.4 Å². The third-order valence-electron chi connectivity index (χ3n) is 5.33. The molecule has 0 amide bonds. The molecule has 28 heavy (non-hydrogen) atoms. The molecule has 144 valence electrons. The molecule has 1 saturated carbocycles. The second-order valence-electron chi connectivity index (χ2n) is 7.55. The van der Waals surface area contributed by atoms with E-state index in [1.807, 2.05) is 24.3 Å². The van der Waals surface area contributed by atoms with Crippen molar-refractivity contribution in [2.45, 2.75) is 52.0 Å². The number of hydrogen-bond donors (Lipinski definition) is 2. The summed E-state index contributed by atoms with van der Waals surface area (Å²) in [4.78, 5) is 14.0. The highest BCUT2D eigenvalue weighted by molar-refractivity contribution is 5.68. The van der Waals surface area contributed by atoms with Crippen LogP contribution < -0.4 is 10.6 Å². The maximum Gasteiger partial charge on any atom is 0.225 e. The molecule has 5 nitrogen and oxygen atoms in total. The molecule has 2 N–H and O–H groups in total. The first-order valence-electron chi connectivity index (χ1n) is 10.1. The molecule has 1 aliphatic carbocycles. The van der Waals surface area contributed by atoms with Crippen LogP contribution in [0.3, 0.4) is 0 Å². The third-order valence-corrected chi connectivity index (χ3v) is 5.33. The molecule has 1 aromatic carbocycles. The Morgan fingerprint density at radius 3 is 2.36 bits per heavy atom. The lowest BCUT2D eigenvalue weighted by Gasteiger charge is -2.23. The van der Waals surface area contributed by atoms with E-state index in [-0.39, 0.29) is 0 Å². The van der Waals surface area contributed by atoms with Gasteiger partial charge >= 0.3 is 0 Å². The topological polar surface area (TPSA) is 62.7 Å². The Labute approximate surface area is 166 Å². The van der Waals surface area contributed by atoms with Gasteiger partial charge in [-0.15, -0.1) is 0 Å². The van der Waals surface area contributed by atoms with Gasteiger partial charge in [0.25, 0.3) is 0 Å². The van der Waals surface area contributed by atoms with E-state index in [1.165, 1.54) is 43.2 Å². The lowest BCUT2D eigenvalue weighted by atomic mass is 9.96. The Morgan fingerprint density at radius 1 is 0.857 bits per heavy atom. The summed E-state index contributed by atoms with van der Waals surface area (Å²) in [5.41, 5.74) is 5.15. The van der Waals surface area contributed by atoms with Crippen LogP contribution in [0.1, 0.15) is 43.2 Å². The van der Waals surface area contributed by atoms with E-state index < -0.39 is 0 Å². The molecule has 4 rings (SSSR count). The lowest BCUT2D eigenvalue weighted by molar-refractivity contribution is 0.461. The van der Waals surface area contributed by atoms with Crippen molar-refractivity contribution in [1.29, 1.82) is 0 Å². The fourth-order valence-corrected chi connectivity index (χ4v) is 3.79. The predicted molar refractivity (Wildman–Crippen MR) is 115 cm³/mol. The number of nitrogens with zero attached hydrogens (tertiary/aromatic N) is 3. The van der Waals surface area contributed by atoms with E-state index in [2.05, 4.69) is 47.7 Å². The number of aryl methyl sites for hydroxylation is 2. The van der Waals surface area contributed by atoms with Crippen molar-refractivity contribution in [2.24, 2.45) is 0 Å². The summed E-state index contributed by atoms with van der Waals surface area (Å²) in [5.74, 6) is 1.45. The van der Waals surface area contributed by atoms with Gasteiger partial charge < -0.3 is 10.6 Å². The molecular weight excluding hydrogens is 346 g/mol. The highest BCUT2D eigenvalue weighted by Gasteiger charge is 2.16. The van der Waals surface area contributed by atoms with E-state index >= 15 is 0 Å². The van der Waals surface area contributed by atoms with Crippen LogP contribution >= 0.6 is 0 Å². The standard InChI is InChI=1S/C23H27N5/c1-16-9-8-10-17(2)22(16)27-21-15-20(19-13-6-7-14-24-19)26-23(28-21)25-18-11-4-3-5-12-18/h6-10,13-15,18H,3-5,11-12H2,1-2H3,(H2,25,26,27,28). The Morgan fingerprint density at radius 2 is 1.64 bits per heavy atom. The molecule has 5 heteroatoms. The smallest absolute Gasteiger partial charge is 0.225 e. The number of para-hydroxylation sites is 1. The van der Waals surface area contributed by atoms with Crippen molar-refractivity contribution >= 4 is 17.5 Å². The van der Waals surface area contributed by atoms with Gasteiger partial charge in [0.1, 0.15) is 5.82 Å². The quantitative estimate of drug-likeness (QED) is 0.605. The molecule has 0 unspecified atom stereocenters. The first-order valence-corrected chi connectivity index (χ1v) is 10.1. The molecule has 0 saturated heterocycles. The molecule has 1 aliphatic rings. The highest BCUT2D eigenvalue weighted by atomic mass is 15.2. The number of anilines is 3. The van der Waals surface area contributed by atoms with Crippen LogP contribution in [0.4, 0.5) is 17.5 Å². The van der Waals surface area contributed by atoms with Crippen molar-refractivity contribution in [3.63, 3.8) is 0 Å². The summed E-state index contributed by atoms with van der Waals surface area (Å²) < 4.78 is 0. The fourth-order valence-electron chi connectivity index (χ4n) is 3.79. The average molecular weight is 374 g/mol. The van der Waals surface area contributed by atoms with Gasteiger partial charge in [0.15, 0.2) is 0 Å². The molecular formula is C23H27N5. The molecule has 0 atom stereocenters. The van der Waals surface area contributed by atoms with Crippen molar-refractivity contribution in [3.05, 3.63) is 59.8 Å². The molecule has 0 radical (unpaired) electrons. The summed E-state index contributed by atoms with van der Waals surface area (Å²) in [5, 5.41) is 7.07. The van der Waals surface area contributed by atoms with Gasteiger partial charge in [-0.25, -0.2) is 4.98 Å². The van der Waals surface area contributed by atoms with Crippen molar-refractivity contribution in [3.8, 4) is 11.4 Å². The summed E-state index contributed by atoms with van der Waals surface area (Å²) in [6, 6.07) is 14.6. The monoisotopic (exact) mass is 373 g/mol. The zero-order chi connectivity index (χ0) is 19.3. The second-order valence-corrected chi connectivity index (χ2v) is 7.55. The maximum absolute atomic E-state index is 4.77. The molecule has 0 aliphatic heterocycles. The van der Waals surface area contributed by atoms with Crippen LogP contribution in [-0.2, 0) is 0 Å². The Hall–Kier alpha value is -2.95. The molecule has 2 aromatic heterocycles. The second kappa shape index (κ2) is 8.38. The minimum Gasteiger partial charge on any atom is -0.351 e. The normalized spacial score (nSPS) is 14.6. The zero-order valence-corrected chi connectivity index (χ0v) is 16.6. The third kappa shape index (κ3) is 4.30. The molecule has 3 aromatic rings. The van der Waals surface area contributed by atoms with Crippen LogP contribution in [-0.4, -0.2) is 21.0 Å². The van der Waals surface area contributed by atoms with Crippen LogP contribution in [0.2, 0.25) is 0 Å². The van der Waals surface area contributed by atoms with Gasteiger partial charge in [0.2, 0.25) is 5.95 Å². The first kappa shape index (κ1) is 18.4. The van der Waals surface area contributed by atoms with E-state index in [9.17, 15) is 0 Å². The van der Waals surface area contributed by atoms with E-state index in [0.29, 0.717) is 12.0 Å². The molecule has 0 bridgehead atoms. The first-order chi connectivity index (χ1) is 13.7. The van der Waals surface area contributed by atoms with Crippen LogP contribution in [0.5, 0.6) is 0 Å². The lowest BCUT2D eigenvalue weighted by Crippen LogP contribution is -2.23. The SMILES string of the molecule is Cc1cccc(C)c1Nc1cc(-c2ccccn2)nc(NC2CCCCC2)n1. The van der Waals surface area contributed by atoms with Gasteiger partial charge in [-0.3, -0.25) is 4.98 Å². The number of benzene rings is 1. The number of aromatic nitrogens is 3. The summed E-state index contributed by atoms with van der Waals surface area (Å²) >= 11 is 0. The van der Waals surface area contributed by atoms with Crippen molar-refractivity contribution < 1.29 is 0 Å². The summed E-state index contributed by atoms with van der Waals surface area (Å²) in [6.07, 6.45) is 8.01. The van der Waals surface area contributed by atoms with Gasteiger partial charge in [-0.1, -0.05) is 43.5 Å². The van der Waals surface area contributed by atoms with Crippen LogP contribution in [0.25, 0.3) is 11.4 Å². The van der Waals surface area contributed by atoms with E-state index in [0.717, 1.165) is 22.9 Å². The number of nitrogens with one attached hydrogen (secondary N) is 2. The molecule has 2 heterocycles. The molecule has 1 fully saturated rings. The average Bonchev–Trinajstić information content (AvgIpc) is 2.72. The van der Waals surface area contributed by atoms with Gasteiger partial charge in [-0.2, -0.15) is 4.98 Å². The van der Waals surface area contributed by atoms with E-state index in [4.69, 9.17) is 9.97 Å². The minimum absolute atomic E-state index is 0.445. The van der Waals surface area contributed by atoms with Crippen molar-refractivity contribution in [2.75, 3.05) is 10.6 Å². The predicted octanol–water partition coefficient (Wildman–Crippen LogP) is 5.64. The largest absolute Gasteiger partial charge is 0.351 e. The van der Waals surface area contributed by atoms with Crippen molar-refractivity contribution in [1.82, 2.24) is 15.0 Å². The van der Waals surface area contributed by atoms with Gasteiger partial charge in [0, 0.05) is 24.0 Å². The number of hydrogen-bond acceptors (Lipinski definition) is 5.